The largest absolute Gasteiger partial charge is 0.518 e. The predicted molar refractivity (Wildman–Crippen MR) is 87.8 cm³/mol. The molecule has 5 heteroatoms. The van der Waals surface area contributed by atoms with Gasteiger partial charge in [0.1, 0.15) is 0 Å². The maximum atomic E-state index is 12.4. The number of carbonyl (C=O) groups excluding carboxylic acids is 1. The summed E-state index contributed by atoms with van der Waals surface area (Å²) < 4.78 is 11.7. The fraction of sp³-hybridized carbons (Fsp3) is 0.533. The molecule has 0 N–H and O–H groups in total. The fourth-order valence-electron chi connectivity index (χ4n) is 1.70. The summed E-state index contributed by atoms with van der Waals surface area (Å²) in [6.45, 7) is 14.3. The van der Waals surface area contributed by atoms with Crippen LogP contribution in [0.15, 0.2) is 24.3 Å². The minimum atomic E-state index is -1.92. The summed E-state index contributed by atoms with van der Waals surface area (Å²) >= 11 is 0. The molecule has 0 aliphatic rings. The van der Waals surface area contributed by atoms with E-state index in [4.69, 9.17) is 8.85 Å². The van der Waals surface area contributed by atoms with E-state index >= 15 is 0 Å². The van der Waals surface area contributed by atoms with Crippen molar-refractivity contribution >= 4 is 22.6 Å². The molecule has 1 aromatic carbocycles. The van der Waals surface area contributed by atoms with Crippen molar-refractivity contribution in [2.75, 3.05) is 0 Å². The van der Waals surface area contributed by atoms with E-state index in [1.807, 2.05) is 50.8 Å². The number of aryl methyl sites for hydroxylation is 1. The van der Waals surface area contributed by atoms with Crippen molar-refractivity contribution in [2.24, 2.45) is 0 Å². The topological polar surface area (TPSA) is 35.5 Å². The molecule has 1 atom stereocenters. The highest BCUT2D eigenvalue weighted by atomic mass is 28.4. The van der Waals surface area contributed by atoms with Gasteiger partial charge in [-0.2, -0.15) is 0 Å². The van der Waals surface area contributed by atoms with Gasteiger partial charge in [-0.3, -0.25) is 4.79 Å². The second-order valence-electron chi connectivity index (χ2n) is 7.05. The number of benzene rings is 1. The van der Waals surface area contributed by atoms with E-state index < -0.39 is 22.7 Å². The summed E-state index contributed by atoms with van der Waals surface area (Å²) in [5.41, 5.74) is 2.04. The highest BCUT2D eigenvalue weighted by molar-refractivity contribution is 6.71. The molecule has 3 nitrogen and oxygen atoms in total. The van der Waals surface area contributed by atoms with Gasteiger partial charge < -0.3 is 8.85 Å². The molecule has 1 unspecified atom stereocenters. The van der Waals surface area contributed by atoms with Gasteiger partial charge >= 0.3 is 5.97 Å². The highest BCUT2D eigenvalue weighted by Crippen LogP contribution is 2.25. The summed E-state index contributed by atoms with van der Waals surface area (Å²) in [5, 5.41) is 0. The van der Waals surface area contributed by atoms with Crippen LogP contribution in [-0.4, -0.2) is 22.6 Å². The first-order valence-corrected chi connectivity index (χ1v) is 13.8. The van der Waals surface area contributed by atoms with Crippen molar-refractivity contribution in [2.45, 2.75) is 52.3 Å². The van der Waals surface area contributed by atoms with Crippen LogP contribution in [0, 0.1) is 6.92 Å². The quantitative estimate of drug-likeness (QED) is 0.762. The van der Waals surface area contributed by atoms with Crippen LogP contribution in [0.25, 0.3) is 0 Å². The minimum absolute atomic E-state index is 0.254. The Bertz CT molecular complexity index is 455. The van der Waals surface area contributed by atoms with Crippen LogP contribution >= 0.6 is 0 Å². The van der Waals surface area contributed by atoms with Gasteiger partial charge in [-0.1, -0.05) is 29.8 Å². The van der Waals surface area contributed by atoms with Crippen molar-refractivity contribution in [1.29, 1.82) is 0 Å². The first kappa shape index (κ1) is 17.1. The van der Waals surface area contributed by atoms with Crippen LogP contribution in [0.3, 0.4) is 0 Å². The van der Waals surface area contributed by atoms with Crippen LogP contribution in [-0.2, 0) is 13.6 Å². The van der Waals surface area contributed by atoms with Crippen molar-refractivity contribution in [3.8, 4) is 0 Å². The van der Waals surface area contributed by atoms with Crippen LogP contribution in [0.5, 0.6) is 0 Å². The monoisotopic (exact) mass is 310 g/mol. The van der Waals surface area contributed by atoms with Gasteiger partial charge in [-0.05, 0) is 51.8 Å². The third kappa shape index (κ3) is 6.02. The Morgan fingerprint density at radius 3 is 1.85 bits per heavy atom. The van der Waals surface area contributed by atoms with E-state index in [9.17, 15) is 4.79 Å². The van der Waals surface area contributed by atoms with Crippen molar-refractivity contribution < 1.29 is 13.6 Å². The van der Waals surface area contributed by atoms with Crippen LogP contribution in [0.1, 0.15) is 17.2 Å². The van der Waals surface area contributed by atoms with Gasteiger partial charge in [-0.25, -0.2) is 0 Å². The Morgan fingerprint density at radius 2 is 1.45 bits per heavy atom. The lowest BCUT2D eigenvalue weighted by atomic mass is 10.1. The molecule has 0 aliphatic heterocycles. The number of rotatable bonds is 5. The molecule has 0 aliphatic carbocycles. The Kier molecular flexibility index (Phi) is 5.35. The molecule has 20 heavy (non-hydrogen) atoms. The van der Waals surface area contributed by atoms with Crippen molar-refractivity contribution in [3.05, 3.63) is 35.4 Å². The highest BCUT2D eigenvalue weighted by Gasteiger charge is 2.32. The molecule has 0 aromatic heterocycles. The van der Waals surface area contributed by atoms with Gasteiger partial charge in [0.05, 0.1) is 0 Å². The smallest absolute Gasteiger partial charge is 0.325 e. The Hall–Kier alpha value is -0.916. The van der Waals surface area contributed by atoms with E-state index in [1.54, 1.807) is 0 Å². The van der Waals surface area contributed by atoms with Gasteiger partial charge in [-0.15, -0.1) is 0 Å². The summed E-state index contributed by atoms with van der Waals surface area (Å²) in [6, 6.07) is 7.90. The molecular weight excluding hydrogens is 284 g/mol. The zero-order valence-corrected chi connectivity index (χ0v) is 15.6. The van der Waals surface area contributed by atoms with Crippen LogP contribution in [0.2, 0.25) is 39.3 Å². The zero-order valence-electron chi connectivity index (χ0n) is 13.6. The molecule has 1 rings (SSSR count). The SMILES string of the molecule is Cc1ccc(C(O[Si](C)(C)C)C(=O)O[Si](C)(C)C)cc1. The maximum Gasteiger partial charge on any atom is 0.325 e. The molecule has 0 amide bonds. The minimum Gasteiger partial charge on any atom is -0.518 e. The molecule has 0 saturated carbocycles. The average Bonchev–Trinajstić information content (AvgIpc) is 2.23. The van der Waals surface area contributed by atoms with Gasteiger partial charge in [0.2, 0.25) is 8.32 Å². The molecule has 0 spiro atoms. The first-order chi connectivity index (χ1) is 8.98. The van der Waals surface area contributed by atoms with Crippen molar-refractivity contribution in [3.63, 3.8) is 0 Å². The normalized spacial score (nSPS) is 13.9. The standard InChI is InChI=1S/C15H26O3Si2/c1-12-8-10-13(11-9-12)14(17-19(2,3)4)15(16)18-20(5,6)7/h8-11,14H,1-7H3. The average molecular weight is 311 g/mol. The number of carbonyl (C=O) groups is 1. The summed E-state index contributed by atoms with van der Waals surface area (Å²) in [5.74, 6) is -0.254. The lowest BCUT2D eigenvalue weighted by molar-refractivity contribution is -0.143. The van der Waals surface area contributed by atoms with Gasteiger partial charge in [0.15, 0.2) is 14.4 Å². The third-order valence-electron chi connectivity index (χ3n) is 2.47. The zero-order chi connectivity index (χ0) is 15.6. The number of hydrogen-bond acceptors (Lipinski definition) is 3. The van der Waals surface area contributed by atoms with Gasteiger partial charge in [0, 0.05) is 0 Å². The van der Waals surface area contributed by atoms with E-state index in [-0.39, 0.29) is 5.97 Å². The molecule has 0 bridgehead atoms. The van der Waals surface area contributed by atoms with E-state index in [0.29, 0.717) is 0 Å². The molecule has 0 fully saturated rings. The molecular formula is C15H26O3Si2. The molecule has 0 radical (unpaired) electrons. The fourth-order valence-corrected chi connectivity index (χ4v) is 3.35. The van der Waals surface area contributed by atoms with E-state index in [0.717, 1.165) is 5.56 Å². The third-order valence-corrected chi connectivity index (χ3v) is 4.23. The van der Waals surface area contributed by atoms with E-state index in [1.165, 1.54) is 5.56 Å². The predicted octanol–water partition coefficient (Wildman–Crippen LogP) is 4.27. The summed E-state index contributed by atoms with van der Waals surface area (Å²) in [6.07, 6.45) is -0.603. The van der Waals surface area contributed by atoms with Crippen LogP contribution < -0.4 is 0 Å². The van der Waals surface area contributed by atoms with Crippen LogP contribution in [0.4, 0.5) is 0 Å². The molecule has 0 saturated heterocycles. The van der Waals surface area contributed by atoms with Gasteiger partial charge in [0.25, 0.3) is 0 Å². The molecule has 112 valence electrons. The van der Waals surface area contributed by atoms with Crippen molar-refractivity contribution in [1.82, 2.24) is 0 Å². The Labute approximate surface area is 124 Å². The second-order valence-corrected chi connectivity index (χ2v) is 15.9. The molecule has 0 heterocycles. The lowest BCUT2D eigenvalue weighted by Crippen LogP contribution is -2.37. The van der Waals surface area contributed by atoms with E-state index in [2.05, 4.69) is 19.6 Å². The lowest BCUT2D eigenvalue weighted by Gasteiger charge is -2.28. The summed E-state index contributed by atoms with van der Waals surface area (Å²) in [4.78, 5) is 12.4. The maximum absolute atomic E-state index is 12.4. The summed E-state index contributed by atoms with van der Waals surface area (Å²) in [7, 11) is -3.76. The Morgan fingerprint density at radius 1 is 0.950 bits per heavy atom. The Balaban J connectivity index is 3.02. The second kappa shape index (κ2) is 6.24. The number of hydrogen-bond donors (Lipinski definition) is 0. The first-order valence-electron chi connectivity index (χ1n) is 6.95. The molecule has 1 aromatic rings.